The van der Waals surface area contributed by atoms with Gasteiger partial charge in [-0.05, 0) is 36.2 Å². The zero-order chi connectivity index (χ0) is 15.2. The van der Waals surface area contributed by atoms with Gasteiger partial charge in [0, 0.05) is 6.20 Å². The van der Waals surface area contributed by atoms with E-state index in [1.165, 1.54) is 6.26 Å². The van der Waals surface area contributed by atoms with E-state index in [0.717, 1.165) is 11.3 Å². The third-order valence-corrected chi connectivity index (χ3v) is 3.38. The van der Waals surface area contributed by atoms with Crippen molar-refractivity contribution in [2.75, 3.05) is 0 Å². The fourth-order valence-corrected chi connectivity index (χ4v) is 2.30. The van der Waals surface area contributed by atoms with E-state index in [4.69, 9.17) is 4.42 Å². The Morgan fingerprint density at radius 2 is 1.86 bits per heavy atom. The average molecular weight is 292 g/mol. The Labute approximate surface area is 128 Å². The van der Waals surface area contributed by atoms with Crippen LogP contribution >= 0.6 is 0 Å². The van der Waals surface area contributed by atoms with E-state index in [1.807, 2.05) is 48.5 Å². The van der Waals surface area contributed by atoms with Crippen LogP contribution in [-0.2, 0) is 6.42 Å². The van der Waals surface area contributed by atoms with Crippen molar-refractivity contribution in [3.8, 4) is 0 Å². The van der Waals surface area contributed by atoms with Crippen LogP contribution in [0.1, 0.15) is 27.9 Å². The highest BCUT2D eigenvalue weighted by Gasteiger charge is 2.18. The molecule has 2 heterocycles. The first-order chi connectivity index (χ1) is 10.8. The lowest BCUT2D eigenvalue weighted by atomic mass is 10.0. The number of nitrogens with one attached hydrogen (secondary N) is 1. The fourth-order valence-electron chi connectivity index (χ4n) is 2.30. The van der Waals surface area contributed by atoms with Crippen molar-refractivity contribution in [2.45, 2.75) is 12.5 Å². The molecule has 3 aromatic rings. The number of benzene rings is 1. The van der Waals surface area contributed by atoms with Crippen LogP contribution in [0.2, 0.25) is 0 Å². The summed E-state index contributed by atoms with van der Waals surface area (Å²) in [5, 5.41) is 2.99. The zero-order valence-corrected chi connectivity index (χ0v) is 12.0. The molecule has 22 heavy (non-hydrogen) atoms. The van der Waals surface area contributed by atoms with E-state index in [9.17, 15) is 4.79 Å². The number of amides is 1. The second-order valence-electron chi connectivity index (χ2n) is 4.95. The fraction of sp³-hybridized carbons (Fsp3) is 0.111. The lowest BCUT2D eigenvalue weighted by Crippen LogP contribution is -2.30. The summed E-state index contributed by atoms with van der Waals surface area (Å²) in [7, 11) is 0. The highest BCUT2D eigenvalue weighted by Crippen LogP contribution is 2.17. The summed E-state index contributed by atoms with van der Waals surface area (Å²) in [6, 6.07) is 18.8. The van der Waals surface area contributed by atoms with Gasteiger partial charge in [0.25, 0.3) is 5.91 Å². The number of hydrogen-bond acceptors (Lipinski definition) is 3. The normalized spacial score (nSPS) is 11.8. The molecule has 0 aliphatic carbocycles. The number of rotatable bonds is 5. The molecule has 0 radical (unpaired) electrons. The Kier molecular flexibility index (Phi) is 4.30. The summed E-state index contributed by atoms with van der Waals surface area (Å²) in [5.74, 6) is 0.0607. The minimum atomic E-state index is -0.239. The van der Waals surface area contributed by atoms with Gasteiger partial charge in [0.2, 0.25) is 0 Å². The largest absolute Gasteiger partial charge is 0.459 e. The maximum atomic E-state index is 12.2. The van der Waals surface area contributed by atoms with Gasteiger partial charge >= 0.3 is 0 Å². The van der Waals surface area contributed by atoms with Crippen LogP contribution in [0.25, 0.3) is 0 Å². The summed E-state index contributed by atoms with van der Waals surface area (Å²) in [6.07, 6.45) is 3.89. The Hall–Kier alpha value is -2.88. The molecule has 0 saturated carbocycles. The second-order valence-corrected chi connectivity index (χ2v) is 4.95. The van der Waals surface area contributed by atoms with Crippen molar-refractivity contribution in [1.82, 2.24) is 10.3 Å². The number of aromatic nitrogens is 1. The minimum Gasteiger partial charge on any atom is -0.459 e. The van der Waals surface area contributed by atoms with E-state index in [2.05, 4.69) is 10.3 Å². The van der Waals surface area contributed by atoms with Gasteiger partial charge in [0.05, 0.1) is 18.0 Å². The van der Waals surface area contributed by atoms with Crippen LogP contribution < -0.4 is 5.32 Å². The van der Waals surface area contributed by atoms with Gasteiger partial charge in [-0.1, -0.05) is 36.4 Å². The summed E-state index contributed by atoms with van der Waals surface area (Å²) < 4.78 is 5.15. The Morgan fingerprint density at radius 3 is 2.55 bits per heavy atom. The van der Waals surface area contributed by atoms with Gasteiger partial charge in [0.1, 0.15) is 0 Å². The number of carbonyl (C=O) groups excluding carboxylic acids is 1. The van der Waals surface area contributed by atoms with Crippen LogP contribution in [-0.4, -0.2) is 10.9 Å². The van der Waals surface area contributed by atoms with Gasteiger partial charge < -0.3 is 9.73 Å². The van der Waals surface area contributed by atoms with Crippen molar-refractivity contribution in [2.24, 2.45) is 0 Å². The quantitative estimate of drug-likeness (QED) is 0.784. The molecule has 0 saturated heterocycles. The van der Waals surface area contributed by atoms with Crippen LogP contribution in [0.15, 0.2) is 77.5 Å². The van der Waals surface area contributed by atoms with Crippen molar-refractivity contribution < 1.29 is 9.21 Å². The third kappa shape index (κ3) is 3.41. The number of nitrogens with zero attached hydrogens (tertiary/aromatic N) is 1. The predicted molar refractivity (Wildman–Crippen MR) is 83.3 cm³/mol. The minimum absolute atomic E-state index is 0.207. The monoisotopic (exact) mass is 292 g/mol. The van der Waals surface area contributed by atoms with Gasteiger partial charge in [-0.2, -0.15) is 0 Å². The number of hydrogen-bond donors (Lipinski definition) is 1. The molecule has 4 heteroatoms. The van der Waals surface area contributed by atoms with Crippen molar-refractivity contribution in [1.29, 1.82) is 0 Å². The molecule has 0 bridgehead atoms. The summed E-state index contributed by atoms with van der Waals surface area (Å²) in [4.78, 5) is 16.6. The molecule has 0 spiro atoms. The molecule has 1 amide bonds. The first-order valence-corrected chi connectivity index (χ1v) is 7.12. The molecule has 1 unspecified atom stereocenters. The van der Waals surface area contributed by atoms with Crippen LogP contribution in [0.4, 0.5) is 0 Å². The SMILES string of the molecule is O=C(NC(Cc1ccccc1)c1ccccn1)c1ccco1. The van der Waals surface area contributed by atoms with Crippen LogP contribution in [0.3, 0.4) is 0 Å². The van der Waals surface area contributed by atoms with Gasteiger partial charge in [-0.15, -0.1) is 0 Å². The smallest absolute Gasteiger partial charge is 0.287 e. The van der Waals surface area contributed by atoms with Crippen LogP contribution in [0.5, 0.6) is 0 Å². The van der Waals surface area contributed by atoms with Gasteiger partial charge in [-0.25, -0.2) is 0 Å². The number of pyridine rings is 1. The molecular formula is C18H16N2O2. The molecule has 2 aromatic heterocycles. The summed E-state index contributed by atoms with van der Waals surface area (Å²) >= 11 is 0. The van der Waals surface area contributed by atoms with Crippen LogP contribution in [0, 0.1) is 0 Å². The molecule has 110 valence electrons. The van der Waals surface area contributed by atoms with Gasteiger partial charge in [0.15, 0.2) is 5.76 Å². The average Bonchev–Trinajstić information content (AvgIpc) is 3.11. The molecule has 0 aliphatic rings. The van der Waals surface area contributed by atoms with E-state index < -0.39 is 0 Å². The predicted octanol–water partition coefficient (Wildman–Crippen LogP) is 3.39. The van der Waals surface area contributed by atoms with Crippen molar-refractivity contribution in [3.05, 3.63) is 90.1 Å². The third-order valence-electron chi connectivity index (χ3n) is 3.38. The maximum Gasteiger partial charge on any atom is 0.287 e. The second kappa shape index (κ2) is 6.72. The lowest BCUT2D eigenvalue weighted by Gasteiger charge is -2.18. The summed E-state index contributed by atoms with van der Waals surface area (Å²) in [6.45, 7) is 0. The van der Waals surface area contributed by atoms with E-state index in [0.29, 0.717) is 12.2 Å². The zero-order valence-electron chi connectivity index (χ0n) is 12.0. The highest BCUT2D eigenvalue weighted by molar-refractivity contribution is 5.91. The maximum absolute atomic E-state index is 12.2. The van der Waals surface area contributed by atoms with E-state index in [1.54, 1.807) is 18.3 Å². The van der Waals surface area contributed by atoms with Gasteiger partial charge in [-0.3, -0.25) is 9.78 Å². The molecule has 3 rings (SSSR count). The lowest BCUT2D eigenvalue weighted by molar-refractivity contribution is 0.0907. The molecule has 0 fully saturated rings. The highest BCUT2D eigenvalue weighted by atomic mass is 16.3. The Bertz CT molecular complexity index is 709. The topological polar surface area (TPSA) is 55.1 Å². The molecule has 1 N–H and O–H groups in total. The molecule has 1 atom stereocenters. The standard InChI is InChI=1S/C18H16N2O2/c21-18(17-10-6-12-22-17)20-16(15-9-4-5-11-19-15)13-14-7-2-1-3-8-14/h1-12,16H,13H2,(H,20,21). The first-order valence-electron chi connectivity index (χ1n) is 7.12. The van der Waals surface area contributed by atoms with Crippen molar-refractivity contribution >= 4 is 5.91 Å². The van der Waals surface area contributed by atoms with E-state index in [-0.39, 0.29) is 11.9 Å². The molecule has 4 nitrogen and oxygen atoms in total. The Balaban J connectivity index is 1.82. The molecule has 0 aliphatic heterocycles. The molecular weight excluding hydrogens is 276 g/mol. The summed E-state index contributed by atoms with van der Waals surface area (Å²) in [5.41, 5.74) is 1.96. The molecule has 1 aromatic carbocycles. The van der Waals surface area contributed by atoms with Crippen molar-refractivity contribution in [3.63, 3.8) is 0 Å². The number of furan rings is 1. The Morgan fingerprint density at radius 1 is 1.05 bits per heavy atom. The van der Waals surface area contributed by atoms with E-state index >= 15 is 0 Å². The first kappa shape index (κ1) is 14.1. The number of carbonyl (C=O) groups is 1.